The van der Waals surface area contributed by atoms with E-state index in [2.05, 4.69) is 41.2 Å². The molecule has 0 amide bonds. The van der Waals surface area contributed by atoms with Gasteiger partial charge in [0.15, 0.2) is 0 Å². The van der Waals surface area contributed by atoms with Crippen LogP contribution < -0.4 is 5.56 Å². The van der Waals surface area contributed by atoms with Crippen molar-refractivity contribution in [3.8, 4) is 0 Å². The first kappa shape index (κ1) is 15.1. The van der Waals surface area contributed by atoms with E-state index < -0.39 is 0 Å². The quantitative estimate of drug-likeness (QED) is 0.745. The number of aryl methyl sites for hydroxylation is 2. The van der Waals surface area contributed by atoms with Crippen LogP contribution in [0.3, 0.4) is 0 Å². The van der Waals surface area contributed by atoms with E-state index in [0.717, 1.165) is 23.9 Å². The van der Waals surface area contributed by atoms with Gasteiger partial charge in [-0.25, -0.2) is 4.98 Å². The topological polar surface area (TPSA) is 38.1 Å². The van der Waals surface area contributed by atoms with Crippen molar-refractivity contribution in [2.75, 3.05) is 7.05 Å². The molecule has 24 heavy (non-hydrogen) atoms. The van der Waals surface area contributed by atoms with Gasteiger partial charge in [-0.2, -0.15) is 0 Å². The molecule has 0 radical (unpaired) electrons. The molecule has 4 nitrogen and oxygen atoms in total. The zero-order chi connectivity index (χ0) is 16.7. The summed E-state index contributed by atoms with van der Waals surface area (Å²) in [6, 6.07) is 16.8. The minimum atomic E-state index is -0.00756. The summed E-state index contributed by atoms with van der Waals surface area (Å²) in [7, 11) is 3.91. The summed E-state index contributed by atoms with van der Waals surface area (Å²) in [5.74, 6) is 0. The maximum absolute atomic E-state index is 12.7. The average Bonchev–Trinajstić information content (AvgIpc) is 3.03. The highest BCUT2D eigenvalue weighted by Crippen LogP contribution is 2.35. The smallest absolute Gasteiger partial charge is 0.273 e. The predicted octanol–water partition coefficient (Wildman–Crippen LogP) is 3.05. The molecule has 0 N–H and O–H groups in total. The Balaban J connectivity index is 1.68. The van der Waals surface area contributed by atoms with E-state index in [1.54, 1.807) is 4.57 Å². The van der Waals surface area contributed by atoms with E-state index >= 15 is 0 Å². The number of para-hydroxylation sites is 2. The Labute approximate surface area is 141 Å². The number of fused-ring (bicyclic) bond motifs is 2. The molecule has 1 atom stereocenters. The van der Waals surface area contributed by atoms with Crippen molar-refractivity contribution < 1.29 is 0 Å². The fourth-order valence-corrected chi connectivity index (χ4v) is 3.78. The molecule has 1 aliphatic carbocycles. The Hall–Kier alpha value is -2.46. The van der Waals surface area contributed by atoms with E-state index in [9.17, 15) is 4.79 Å². The first-order valence-electron chi connectivity index (χ1n) is 8.38. The Morgan fingerprint density at radius 1 is 1.17 bits per heavy atom. The lowest BCUT2D eigenvalue weighted by Crippen LogP contribution is -2.30. The minimum absolute atomic E-state index is 0.00756. The number of hydrogen-bond donors (Lipinski definition) is 0. The predicted molar refractivity (Wildman–Crippen MR) is 96.0 cm³/mol. The lowest BCUT2D eigenvalue weighted by atomic mass is 10.1. The van der Waals surface area contributed by atoms with Crippen LogP contribution in [0.5, 0.6) is 0 Å². The van der Waals surface area contributed by atoms with Gasteiger partial charge in [-0.05, 0) is 43.1 Å². The normalized spacial score (nSPS) is 16.7. The highest BCUT2D eigenvalue weighted by molar-refractivity contribution is 5.74. The third-order valence-electron chi connectivity index (χ3n) is 5.08. The standard InChI is InChI=1S/C20H21N3O/c1-22(18-12-11-14-7-3-4-8-15(14)18)13-17-20(24)23(2)19-10-6-5-9-16(19)21-17/h3-10,18H,11-13H2,1-2H3. The van der Waals surface area contributed by atoms with Crippen molar-refractivity contribution in [2.45, 2.75) is 25.4 Å². The molecule has 0 saturated carbocycles. The number of nitrogens with zero attached hydrogens (tertiary/aromatic N) is 3. The van der Waals surface area contributed by atoms with Gasteiger partial charge in [-0.15, -0.1) is 0 Å². The third-order valence-corrected chi connectivity index (χ3v) is 5.08. The van der Waals surface area contributed by atoms with Gasteiger partial charge in [0.2, 0.25) is 0 Å². The van der Waals surface area contributed by atoms with E-state index in [1.165, 1.54) is 11.1 Å². The number of rotatable bonds is 3. The molecule has 1 aliphatic rings. The van der Waals surface area contributed by atoms with E-state index in [0.29, 0.717) is 18.3 Å². The highest BCUT2D eigenvalue weighted by Gasteiger charge is 2.26. The summed E-state index contributed by atoms with van der Waals surface area (Å²) < 4.78 is 1.70. The molecule has 2 aromatic carbocycles. The van der Waals surface area contributed by atoms with Crippen molar-refractivity contribution in [3.05, 3.63) is 75.7 Å². The molecule has 0 saturated heterocycles. The number of aromatic nitrogens is 2. The van der Waals surface area contributed by atoms with Crippen molar-refractivity contribution in [3.63, 3.8) is 0 Å². The van der Waals surface area contributed by atoms with Crippen LogP contribution in [0.4, 0.5) is 0 Å². The molecule has 122 valence electrons. The van der Waals surface area contributed by atoms with Crippen LogP contribution in [0.1, 0.15) is 29.3 Å². The molecule has 0 bridgehead atoms. The van der Waals surface area contributed by atoms with Crippen molar-refractivity contribution >= 4 is 11.0 Å². The summed E-state index contributed by atoms with van der Waals surface area (Å²) in [6.07, 6.45) is 2.21. The zero-order valence-corrected chi connectivity index (χ0v) is 14.1. The molecule has 4 heteroatoms. The molecule has 0 fully saturated rings. The molecule has 1 heterocycles. The van der Waals surface area contributed by atoms with Crippen LogP contribution in [0.2, 0.25) is 0 Å². The first-order valence-corrected chi connectivity index (χ1v) is 8.38. The van der Waals surface area contributed by atoms with E-state index in [1.807, 2.05) is 31.3 Å². The van der Waals surface area contributed by atoms with Crippen molar-refractivity contribution in [1.29, 1.82) is 0 Å². The van der Waals surface area contributed by atoms with Crippen LogP contribution >= 0.6 is 0 Å². The lowest BCUT2D eigenvalue weighted by molar-refractivity contribution is 0.232. The molecular formula is C20H21N3O. The van der Waals surface area contributed by atoms with Crippen LogP contribution in [0, 0.1) is 0 Å². The summed E-state index contributed by atoms with van der Waals surface area (Å²) in [4.78, 5) is 19.5. The minimum Gasteiger partial charge on any atom is -0.308 e. The van der Waals surface area contributed by atoms with Crippen LogP contribution in [0.25, 0.3) is 11.0 Å². The Morgan fingerprint density at radius 2 is 1.92 bits per heavy atom. The maximum Gasteiger partial charge on any atom is 0.273 e. The maximum atomic E-state index is 12.7. The monoisotopic (exact) mass is 319 g/mol. The SMILES string of the molecule is CN(Cc1nc2ccccc2n(C)c1=O)C1CCc2ccccc21. The summed E-state index contributed by atoms with van der Waals surface area (Å²) >= 11 is 0. The van der Waals surface area contributed by atoms with Crippen molar-refractivity contribution in [1.82, 2.24) is 14.5 Å². The van der Waals surface area contributed by atoms with Gasteiger partial charge in [0.05, 0.1) is 11.0 Å². The number of benzene rings is 2. The first-order chi connectivity index (χ1) is 11.6. The van der Waals surface area contributed by atoms with Crippen molar-refractivity contribution in [2.24, 2.45) is 7.05 Å². The number of hydrogen-bond acceptors (Lipinski definition) is 3. The average molecular weight is 319 g/mol. The second-order valence-corrected chi connectivity index (χ2v) is 6.58. The van der Waals surface area contributed by atoms with Gasteiger partial charge in [0.25, 0.3) is 5.56 Å². The molecule has 0 aliphatic heterocycles. The second-order valence-electron chi connectivity index (χ2n) is 6.58. The largest absolute Gasteiger partial charge is 0.308 e. The summed E-state index contributed by atoms with van der Waals surface area (Å²) in [5, 5.41) is 0. The van der Waals surface area contributed by atoms with E-state index in [4.69, 9.17) is 0 Å². The van der Waals surface area contributed by atoms with Crippen LogP contribution in [0.15, 0.2) is 53.3 Å². The van der Waals surface area contributed by atoms with E-state index in [-0.39, 0.29) is 5.56 Å². The second kappa shape index (κ2) is 5.87. The Kier molecular flexibility index (Phi) is 3.69. The van der Waals surface area contributed by atoms with Crippen LogP contribution in [-0.2, 0) is 20.0 Å². The molecular weight excluding hydrogens is 298 g/mol. The van der Waals surface area contributed by atoms with Gasteiger partial charge in [0.1, 0.15) is 5.69 Å². The van der Waals surface area contributed by atoms with Gasteiger partial charge in [0, 0.05) is 19.6 Å². The van der Waals surface area contributed by atoms with Gasteiger partial charge >= 0.3 is 0 Å². The lowest BCUT2D eigenvalue weighted by Gasteiger charge is -2.25. The molecule has 3 aromatic rings. The Bertz CT molecular complexity index is 961. The summed E-state index contributed by atoms with van der Waals surface area (Å²) in [6.45, 7) is 0.566. The third kappa shape index (κ3) is 2.43. The van der Waals surface area contributed by atoms with Gasteiger partial charge < -0.3 is 4.57 Å². The van der Waals surface area contributed by atoms with Gasteiger partial charge in [-0.3, -0.25) is 9.69 Å². The molecule has 1 aromatic heterocycles. The molecule has 4 rings (SSSR count). The zero-order valence-electron chi connectivity index (χ0n) is 14.1. The van der Waals surface area contributed by atoms with Gasteiger partial charge in [-0.1, -0.05) is 36.4 Å². The fourth-order valence-electron chi connectivity index (χ4n) is 3.78. The van der Waals surface area contributed by atoms with Crippen LogP contribution in [-0.4, -0.2) is 21.5 Å². The molecule has 1 unspecified atom stereocenters. The highest BCUT2D eigenvalue weighted by atomic mass is 16.1. The summed E-state index contributed by atoms with van der Waals surface area (Å²) in [5.41, 5.74) is 5.16. The molecule has 0 spiro atoms. The Morgan fingerprint density at radius 3 is 2.79 bits per heavy atom. The fraction of sp³-hybridized carbons (Fsp3) is 0.300.